The summed E-state index contributed by atoms with van der Waals surface area (Å²) in [5, 5.41) is 0. The first kappa shape index (κ1) is 11.9. The molecule has 2 saturated carbocycles. The molecule has 0 aromatic heterocycles. The van der Waals surface area contributed by atoms with Crippen LogP contribution in [0.3, 0.4) is 0 Å². The SMILES string of the molecule is O=C=NC1(c2ccc(OC3CCC3)c(Br)c2)CC1. The summed E-state index contributed by atoms with van der Waals surface area (Å²) in [5.41, 5.74) is 0.762. The highest BCUT2D eigenvalue weighted by Gasteiger charge is 2.45. The topological polar surface area (TPSA) is 38.7 Å². The first-order chi connectivity index (χ1) is 8.73. The number of aliphatic imine (C=N–C) groups is 1. The van der Waals surface area contributed by atoms with Gasteiger partial charge in [-0.2, -0.15) is 4.99 Å². The van der Waals surface area contributed by atoms with Crippen molar-refractivity contribution in [1.29, 1.82) is 0 Å². The second kappa shape index (κ2) is 4.52. The maximum absolute atomic E-state index is 10.4. The van der Waals surface area contributed by atoms with Crippen molar-refractivity contribution in [3.05, 3.63) is 28.2 Å². The minimum Gasteiger partial charge on any atom is -0.489 e. The zero-order valence-corrected chi connectivity index (χ0v) is 11.6. The maximum atomic E-state index is 10.4. The van der Waals surface area contributed by atoms with E-state index >= 15 is 0 Å². The molecule has 0 amide bonds. The summed E-state index contributed by atoms with van der Waals surface area (Å²) >= 11 is 3.54. The highest BCUT2D eigenvalue weighted by molar-refractivity contribution is 9.10. The molecule has 2 aliphatic rings. The van der Waals surface area contributed by atoms with E-state index in [1.807, 2.05) is 18.2 Å². The molecule has 0 unspecified atom stereocenters. The molecule has 18 heavy (non-hydrogen) atoms. The molecule has 0 N–H and O–H groups in total. The van der Waals surface area contributed by atoms with E-state index in [1.165, 1.54) is 6.42 Å². The second-order valence-electron chi connectivity index (χ2n) is 5.05. The molecule has 0 spiro atoms. The van der Waals surface area contributed by atoms with Crippen molar-refractivity contribution in [2.45, 2.75) is 43.7 Å². The van der Waals surface area contributed by atoms with Gasteiger partial charge in [0, 0.05) is 0 Å². The van der Waals surface area contributed by atoms with Crippen molar-refractivity contribution in [3.8, 4) is 5.75 Å². The van der Waals surface area contributed by atoms with Gasteiger partial charge in [0.1, 0.15) is 5.75 Å². The van der Waals surface area contributed by atoms with Gasteiger partial charge in [0.15, 0.2) is 0 Å². The molecule has 0 atom stereocenters. The number of ether oxygens (including phenoxy) is 1. The summed E-state index contributed by atoms with van der Waals surface area (Å²) < 4.78 is 6.82. The molecule has 0 bridgehead atoms. The normalized spacial score (nSPS) is 20.7. The van der Waals surface area contributed by atoms with Gasteiger partial charge in [-0.3, -0.25) is 0 Å². The van der Waals surface area contributed by atoms with E-state index in [2.05, 4.69) is 20.9 Å². The minimum absolute atomic E-state index is 0.306. The fraction of sp³-hybridized carbons (Fsp3) is 0.500. The predicted octanol–water partition coefficient (Wildman–Crippen LogP) is 3.71. The number of hydrogen-bond acceptors (Lipinski definition) is 3. The van der Waals surface area contributed by atoms with Crippen molar-refractivity contribution in [3.63, 3.8) is 0 Å². The number of rotatable bonds is 4. The van der Waals surface area contributed by atoms with Crippen LogP contribution in [0.4, 0.5) is 0 Å². The van der Waals surface area contributed by atoms with Crippen LogP contribution in [0.5, 0.6) is 5.75 Å². The Bertz CT molecular complexity index is 515. The lowest BCUT2D eigenvalue weighted by molar-refractivity contribution is 0.119. The van der Waals surface area contributed by atoms with E-state index in [9.17, 15) is 4.79 Å². The molecule has 94 valence electrons. The maximum Gasteiger partial charge on any atom is 0.235 e. The Hall–Kier alpha value is -1.12. The Morgan fingerprint density at radius 3 is 2.67 bits per heavy atom. The van der Waals surface area contributed by atoms with E-state index in [0.29, 0.717) is 6.10 Å². The Labute approximate surface area is 114 Å². The third kappa shape index (κ3) is 2.11. The van der Waals surface area contributed by atoms with Gasteiger partial charge < -0.3 is 4.74 Å². The molecule has 0 radical (unpaired) electrons. The molecule has 4 heteroatoms. The zero-order valence-electron chi connectivity index (χ0n) is 9.99. The number of benzene rings is 1. The van der Waals surface area contributed by atoms with E-state index in [0.717, 1.165) is 41.5 Å². The molecule has 0 saturated heterocycles. The van der Waals surface area contributed by atoms with E-state index < -0.39 is 0 Å². The molecule has 3 nitrogen and oxygen atoms in total. The Balaban J connectivity index is 1.82. The minimum atomic E-state index is -0.306. The third-order valence-electron chi connectivity index (χ3n) is 3.80. The summed E-state index contributed by atoms with van der Waals surface area (Å²) in [4.78, 5) is 14.4. The Morgan fingerprint density at radius 2 is 2.17 bits per heavy atom. The Morgan fingerprint density at radius 1 is 1.39 bits per heavy atom. The quantitative estimate of drug-likeness (QED) is 0.628. The molecular weight excluding hydrogens is 294 g/mol. The molecule has 1 aromatic carbocycles. The standard InChI is InChI=1S/C14H14BrNO2/c15-12-8-10(14(6-7-14)16-9-17)4-5-13(12)18-11-2-1-3-11/h4-5,8,11H,1-3,6-7H2. The van der Waals surface area contributed by atoms with Gasteiger partial charge in [-0.1, -0.05) is 6.07 Å². The van der Waals surface area contributed by atoms with Gasteiger partial charge in [-0.15, -0.1) is 0 Å². The first-order valence-electron chi connectivity index (χ1n) is 6.29. The third-order valence-corrected chi connectivity index (χ3v) is 4.42. The molecule has 2 fully saturated rings. The van der Waals surface area contributed by atoms with Crippen molar-refractivity contribution in [2.75, 3.05) is 0 Å². The average molecular weight is 308 g/mol. The van der Waals surface area contributed by atoms with Crippen LogP contribution < -0.4 is 4.74 Å². The summed E-state index contributed by atoms with van der Waals surface area (Å²) in [5.74, 6) is 0.884. The van der Waals surface area contributed by atoms with Crippen LogP contribution >= 0.6 is 15.9 Å². The molecule has 2 aliphatic carbocycles. The van der Waals surface area contributed by atoms with Crippen molar-refractivity contribution >= 4 is 22.0 Å². The van der Waals surface area contributed by atoms with Crippen LogP contribution in [0.15, 0.2) is 27.7 Å². The lowest BCUT2D eigenvalue weighted by Gasteiger charge is -2.27. The van der Waals surface area contributed by atoms with Crippen molar-refractivity contribution in [1.82, 2.24) is 0 Å². The molecular formula is C14H14BrNO2. The first-order valence-corrected chi connectivity index (χ1v) is 7.08. The van der Waals surface area contributed by atoms with E-state index in [1.54, 1.807) is 6.08 Å². The van der Waals surface area contributed by atoms with Gasteiger partial charge in [0.2, 0.25) is 6.08 Å². The fourth-order valence-corrected chi connectivity index (χ4v) is 2.70. The number of halogens is 1. The number of isocyanates is 1. The average Bonchev–Trinajstić information content (AvgIpc) is 3.06. The van der Waals surface area contributed by atoms with Gasteiger partial charge in [0.05, 0.1) is 16.1 Å². The van der Waals surface area contributed by atoms with Crippen molar-refractivity contribution in [2.24, 2.45) is 4.99 Å². The molecule has 3 rings (SSSR count). The zero-order chi connectivity index (χ0) is 12.6. The van der Waals surface area contributed by atoms with E-state index in [4.69, 9.17) is 4.74 Å². The number of hydrogen-bond donors (Lipinski definition) is 0. The van der Waals surface area contributed by atoms with E-state index in [-0.39, 0.29) is 5.54 Å². The van der Waals surface area contributed by atoms with Crippen LogP contribution in [0, 0.1) is 0 Å². The fourth-order valence-electron chi connectivity index (χ4n) is 2.22. The highest BCUT2D eigenvalue weighted by Crippen LogP contribution is 2.50. The van der Waals surface area contributed by atoms with Crippen LogP contribution in [-0.2, 0) is 10.3 Å². The largest absolute Gasteiger partial charge is 0.489 e. The lowest BCUT2D eigenvalue weighted by Crippen LogP contribution is -2.24. The molecule has 0 aliphatic heterocycles. The number of carbonyl (C=O) groups excluding carboxylic acids is 1. The molecule has 1 aromatic rings. The van der Waals surface area contributed by atoms with Crippen LogP contribution in [0.1, 0.15) is 37.7 Å². The summed E-state index contributed by atoms with van der Waals surface area (Å²) in [7, 11) is 0. The number of nitrogens with zero attached hydrogens (tertiary/aromatic N) is 1. The van der Waals surface area contributed by atoms with Crippen molar-refractivity contribution < 1.29 is 9.53 Å². The van der Waals surface area contributed by atoms with Gasteiger partial charge in [0.25, 0.3) is 0 Å². The van der Waals surface area contributed by atoms with Gasteiger partial charge >= 0.3 is 0 Å². The van der Waals surface area contributed by atoms with Gasteiger partial charge in [-0.25, -0.2) is 4.79 Å². The lowest BCUT2D eigenvalue weighted by atomic mass is 9.96. The van der Waals surface area contributed by atoms with Crippen LogP contribution in [0.25, 0.3) is 0 Å². The van der Waals surface area contributed by atoms with Crippen LogP contribution in [0.2, 0.25) is 0 Å². The monoisotopic (exact) mass is 307 g/mol. The second-order valence-corrected chi connectivity index (χ2v) is 5.90. The predicted molar refractivity (Wildman–Crippen MR) is 71.4 cm³/mol. The van der Waals surface area contributed by atoms with Gasteiger partial charge in [-0.05, 0) is 65.7 Å². The summed E-state index contributed by atoms with van der Waals surface area (Å²) in [6.07, 6.45) is 7.46. The smallest absolute Gasteiger partial charge is 0.235 e. The summed E-state index contributed by atoms with van der Waals surface area (Å²) in [6.45, 7) is 0. The molecule has 0 heterocycles. The van der Waals surface area contributed by atoms with Crippen LogP contribution in [-0.4, -0.2) is 12.2 Å². The summed E-state index contributed by atoms with van der Waals surface area (Å²) in [6, 6.07) is 5.99. The Kier molecular flexibility index (Phi) is 3.00. The highest BCUT2D eigenvalue weighted by atomic mass is 79.9.